The van der Waals surface area contributed by atoms with Crippen LogP contribution in [0, 0.1) is 0 Å². The maximum absolute atomic E-state index is 14.6. The summed E-state index contributed by atoms with van der Waals surface area (Å²) >= 11 is 0. The number of rotatable bonds is 22. The Balaban J connectivity index is 1.46. The van der Waals surface area contributed by atoms with Crippen molar-refractivity contribution in [1.82, 2.24) is 21.3 Å². The summed E-state index contributed by atoms with van der Waals surface area (Å²) in [5.74, 6) is -2.77. The van der Waals surface area contributed by atoms with Gasteiger partial charge in [-0.1, -0.05) is 115 Å². The molecular weight excluding hydrogens is 731 g/mol. The highest BCUT2D eigenvalue weighted by atomic mass is 16.2. The molecule has 304 valence electrons. The standard InChI is InChI=1S/C46H55N7O5/c47-24-10-8-18-38(43(49)55)51-45(57)40(29-32-20-22-34-14-4-6-16-36(34)26-32)53-46(58)41(30-33-21-23-35-15-5-7-17-37(35)27-33)52-44(56)39(28-31-12-2-1-3-13-31)50-42(54)19-9-11-25-48/h1-7,12-17,20-23,26-27,38-41H,8-11,18-19,24-25,28-30,47-48H2,(H2,49,55)(H,50,54)(H,51,57)(H,52,56)(H,53,58). The predicted molar refractivity (Wildman–Crippen MR) is 228 cm³/mol. The number of nitrogens with two attached hydrogens (primary N) is 3. The molecule has 4 atom stereocenters. The molecule has 0 saturated carbocycles. The monoisotopic (exact) mass is 785 g/mol. The van der Waals surface area contributed by atoms with E-state index < -0.39 is 47.8 Å². The van der Waals surface area contributed by atoms with Crippen LogP contribution in [0.1, 0.15) is 55.2 Å². The Hall–Kier alpha value is -6.11. The zero-order chi connectivity index (χ0) is 41.3. The lowest BCUT2D eigenvalue weighted by molar-refractivity contribution is -0.134. The second-order valence-electron chi connectivity index (χ2n) is 14.7. The highest BCUT2D eigenvalue weighted by molar-refractivity contribution is 5.96. The van der Waals surface area contributed by atoms with Crippen molar-refractivity contribution in [2.75, 3.05) is 13.1 Å². The van der Waals surface area contributed by atoms with Crippen LogP contribution in [0.5, 0.6) is 0 Å². The molecule has 0 heterocycles. The molecule has 5 aromatic rings. The van der Waals surface area contributed by atoms with Gasteiger partial charge in [0.05, 0.1) is 0 Å². The molecule has 58 heavy (non-hydrogen) atoms. The fraction of sp³-hybridized carbons (Fsp3) is 0.326. The third-order valence-electron chi connectivity index (χ3n) is 10.2. The topological polar surface area (TPSA) is 212 Å². The minimum atomic E-state index is -1.16. The number of carbonyl (C=O) groups is 5. The van der Waals surface area contributed by atoms with Crippen molar-refractivity contribution in [2.45, 2.75) is 82.0 Å². The van der Waals surface area contributed by atoms with Gasteiger partial charge in [0.2, 0.25) is 29.5 Å². The molecule has 0 spiro atoms. The molecule has 0 aliphatic rings. The summed E-state index contributed by atoms with van der Waals surface area (Å²) in [6.45, 7) is 0.874. The van der Waals surface area contributed by atoms with Crippen LogP contribution in [0.15, 0.2) is 115 Å². The van der Waals surface area contributed by atoms with E-state index in [1.807, 2.05) is 115 Å². The van der Waals surface area contributed by atoms with E-state index in [9.17, 15) is 24.0 Å². The van der Waals surface area contributed by atoms with E-state index in [0.717, 1.165) is 38.2 Å². The van der Waals surface area contributed by atoms with Crippen LogP contribution in [0.3, 0.4) is 0 Å². The first kappa shape index (κ1) is 43.0. The van der Waals surface area contributed by atoms with Crippen molar-refractivity contribution < 1.29 is 24.0 Å². The first-order chi connectivity index (χ1) is 28.1. The molecule has 12 heteroatoms. The van der Waals surface area contributed by atoms with Crippen LogP contribution < -0.4 is 38.5 Å². The minimum absolute atomic E-state index is 0.0816. The van der Waals surface area contributed by atoms with Gasteiger partial charge in [-0.25, -0.2) is 0 Å². The lowest BCUT2D eigenvalue weighted by Crippen LogP contribution is -2.59. The Kier molecular flexibility index (Phi) is 16.3. The number of carbonyl (C=O) groups excluding carboxylic acids is 5. The average Bonchev–Trinajstić information content (AvgIpc) is 3.22. The first-order valence-corrected chi connectivity index (χ1v) is 20.0. The summed E-state index contributed by atoms with van der Waals surface area (Å²) in [5.41, 5.74) is 19.4. The fourth-order valence-corrected chi connectivity index (χ4v) is 6.97. The normalized spacial score (nSPS) is 13.2. The van der Waals surface area contributed by atoms with Gasteiger partial charge < -0.3 is 38.5 Å². The highest BCUT2D eigenvalue weighted by Crippen LogP contribution is 2.19. The van der Waals surface area contributed by atoms with Crippen LogP contribution >= 0.6 is 0 Å². The summed E-state index contributed by atoms with van der Waals surface area (Å²) < 4.78 is 0. The number of nitrogens with one attached hydrogen (secondary N) is 4. The first-order valence-electron chi connectivity index (χ1n) is 20.0. The van der Waals surface area contributed by atoms with E-state index in [2.05, 4.69) is 21.3 Å². The zero-order valence-corrected chi connectivity index (χ0v) is 32.8. The van der Waals surface area contributed by atoms with Gasteiger partial charge in [-0.3, -0.25) is 24.0 Å². The van der Waals surface area contributed by atoms with Crippen LogP contribution in [0.4, 0.5) is 0 Å². The Bertz CT molecular complexity index is 2160. The van der Waals surface area contributed by atoms with Gasteiger partial charge in [0.1, 0.15) is 24.2 Å². The number of primary amides is 1. The second-order valence-corrected chi connectivity index (χ2v) is 14.7. The molecule has 0 aliphatic carbocycles. The van der Waals surface area contributed by atoms with Crippen LogP contribution in [-0.4, -0.2) is 66.8 Å². The van der Waals surface area contributed by atoms with E-state index in [-0.39, 0.29) is 38.0 Å². The van der Waals surface area contributed by atoms with Crippen molar-refractivity contribution in [3.8, 4) is 0 Å². The van der Waals surface area contributed by atoms with E-state index in [0.29, 0.717) is 38.8 Å². The van der Waals surface area contributed by atoms with Gasteiger partial charge in [0.25, 0.3) is 0 Å². The molecule has 0 bridgehead atoms. The Morgan fingerprint density at radius 3 is 1.38 bits per heavy atom. The van der Waals surface area contributed by atoms with Gasteiger partial charge in [0.15, 0.2) is 0 Å². The quantitative estimate of drug-likeness (QED) is 0.0517. The van der Waals surface area contributed by atoms with E-state index in [1.165, 1.54) is 0 Å². The molecule has 0 fully saturated rings. The highest BCUT2D eigenvalue weighted by Gasteiger charge is 2.32. The molecule has 0 aromatic heterocycles. The van der Waals surface area contributed by atoms with Gasteiger partial charge in [-0.2, -0.15) is 0 Å². The third-order valence-corrected chi connectivity index (χ3v) is 10.2. The molecule has 0 radical (unpaired) electrons. The molecule has 0 saturated heterocycles. The number of amides is 5. The molecule has 0 aliphatic heterocycles. The van der Waals surface area contributed by atoms with Crippen molar-refractivity contribution in [2.24, 2.45) is 17.2 Å². The molecule has 10 N–H and O–H groups in total. The smallest absolute Gasteiger partial charge is 0.243 e. The molecule has 12 nitrogen and oxygen atoms in total. The zero-order valence-electron chi connectivity index (χ0n) is 32.8. The van der Waals surface area contributed by atoms with Gasteiger partial charge in [-0.05, 0) is 83.4 Å². The third kappa shape index (κ3) is 13.0. The molecular formula is C46H55N7O5. The average molecular weight is 786 g/mol. The van der Waals surface area contributed by atoms with Crippen molar-refractivity contribution in [1.29, 1.82) is 0 Å². The second kappa shape index (κ2) is 22.0. The van der Waals surface area contributed by atoms with E-state index in [1.54, 1.807) is 0 Å². The SMILES string of the molecule is NCCCCC(=O)NC(Cc1ccccc1)C(=O)NC(Cc1ccc2ccccc2c1)C(=O)NC(Cc1ccc2ccccc2c1)C(=O)NC(CCCCN)C(N)=O. The maximum Gasteiger partial charge on any atom is 0.243 e. The fourth-order valence-electron chi connectivity index (χ4n) is 6.97. The van der Waals surface area contributed by atoms with E-state index in [4.69, 9.17) is 17.2 Å². The summed E-state index contributed by atoms with van der Waals surface area (Å²) in [7, 11) is 0. The van der Waals surface area contributed by atoms with Gasteiger partial charge >= 0.3 is 0 Å². The molecule has 4 unspecified atom stereocenters. The maximum atomic E-state index is 14.6. The number of hydrogen-bond acceptors (Lipinski definition) is 7. The summed E-state index contributed by atoms with van der Waals surface area (Å²) in [6.07, 6.45) is 3.29. The van der Waals surface area contributed by atoms with Crippen molar-refractivity contribution >= 4 is 51.1 Å². The predicted octanol–water partition coefficient (Wildman–Crippen LogP) is 3.70. The summed E-state index contributed by atoms with van der Waals surface area (Å²) in [6, 6.07) is 32.2. The van der Waals surface area contributed by atoms with Crippen LogP contribution in [-0.2, 0) is 43.2 Å². The lowest BCUT2D eigenvalue weighted by atomic mass is 9.98. The Morgan fingerprint density at radius 1 is 0.448 bits per heavy atom. The van der Waals surface area contributed by atoms with Crippen LogP contribution in [0.2, 0.25) is 0 Å². The number of benzene rings is 5. The van der Waals surface area contributed by atoms with Gasteiger partial charge in [-0.15, -0.1) is 0 Å². The molecule has 5 amide bonds. The van der Waals surface area contributed by atoms with E-state index >= 15 is 0 Å². The van der Waals surface area contributed by atoms with Crippen LogP contribution in [0.25, 0.3) is 21.5 Å². The molecule has 5 aromatic carbocycles. The van der Waals surface area contributed by atoms with Crippen molar-refractivity contribution in [3.63, 3.8) is 0 Å². The number of fused-ring (bicyclic) bond motifs is 2. The summed E-state index contributed by atoms with van der Waals surface area (Å²) in [5, 5.41) is 15.4. The Morgan fingerprint density at radius 2 is 0.879 bits per heavy atom. The minimum Gasteiger partial charge on any atom is -0.368 e. The van der Waals surface area contributed by atoms with Crippen molar-refractivity contribution in [3.05, 3.63) is 132 Å². The number of hydrogen-bond donors (Lipinski definition) is 7. The van der Waals surface area contributed by atoms with Gasteiger partial charge in [0, 0.05) is 25.7 Å². The molecule has 5 rings (SSSR count). The summed E-state index contributed by atoms with van der Waals surface area (Å²) in [4.78, 5) is 68.4. The largest absolute Gasteiger partial charge is 0.368 e. The lowest BCUT2D eigenvalue weighted by Gasteiger charge is -2.27. The number of unbranched alkanes of at least 4 members (excludes halogenated alkanes) is 2. The Labute approximate surface area is 339 Å².